The second-order valence-electron chi connectivity index (χ2n) is 6.20. The fourth-order valence-corrected chi connectivity index (χ4v) is 2.87. The largest absolute Gasteiger partial charge is 0.455 e. The summed E-state index contributed by atoms with van der Waals surface area (Å²) in [7, 11) is 0. The molecule has 0 aliphatic heterocycles. The molecule has 0 unspecified atom stereocenters. The molecule has 0 fully saturated rings. The summed E-state index contributed by atoms with van der Waals surface area (Å²) in [6, 6.07) is 3.64. The van der Waals surface area contributed by atoms with E-state index in [1.54, 1.807) is 20.8 Å². The van der Waals surface area contributed by atoms with Crippen molar-refractivity contribution in [3.05, 3.63) is 34.5 Å². The maximum atomic E-state index is 11.9. The Morgan fingerprint density at radius 2 is 2.16 bits per heavy atom. The van der Waals surface area contributed by atoms with Crippen molar-refractivity contribution in [1.29, 1.82) is 10.8 Å². The molecule has 6 nitrogen and oxygen atoms in total. The van der Waals surface area contributed by atoms with Crippen molar-refractivity contribution < 1.29 is 9.53 Å². The molecule has 2 heterocycles. The van der Waals surface area contributed by atoms with E-state index >= 15 is 0 Å². The number of nitrogens with one attached hydrogen (secondary N) is 2. The summed E-state index contributed by atoms with van der Waals surface area (Å²) in [6.45, 7) is 5.29. The van der Waals surface area contributed by atoms with Crippen LogP contribution in [0.25, 0.3) is 10.7 Å². The fraction of sp³-hybridized carbons (Fsp3) is 0.278. The third-order valence-corrected chi connectivity index (χ3v) is 4.07. The van der Waals surface area contributed by atoms with E-state index in [-0.39, 0.29) is 12.1 Å². The molecule has 0 spiro atoms. The van der Waals surface area contributed by atoms with Gasteiger partial charge in [0.05, 0.1) is 10.4 Å². The van der Waals surface area contributed by atoms with E-state index < -0.39 is 11.6 Å². The van der Waals surface area contributed by atoms with Gasteiger partial charge in [0, 0.05) is 23.7 Å². The Morgan fingerprint density at radius 1 is 1.44 bits per heavy atom. The Labute approximate surface area is 150 Å². The Balaban J connectivity index is 2.15. The molecule has 2 aromatic heterocycles. The van der Waals surface area contributed by atoms with Crippen molar-refractivity contribution >= 4 is 29.2 Å². The van der Waals surface area contributed by atoms with Crippen molar-refractivity contribution in [2.24, 2.45) is 0 Å². The van der Waals surface area contributed by atoms with Gasteiger partial charge in [-0.25, -0.2) is 14.8 Å². The van der Waals surface area contributed by atoms with Crippen LogP contribution in [0.2, 0.25) is 0 Å². The number of aromatic nitrogens is 2. The number of hydrogen-bond donors (Lipinski definition) is 2. The lowest BCUT2D eigenvalue weighted by molar-refractivity contribution is -0.146. The van der Waals surface area contributed by atoms with Gasteiger partial charge in [0.1, 0.15) is 17.0 Å². The summed E-state index contributed by atoms with van der Waals surface area (Å²) in [5.74, 6) is 2.27. The smallest absolute Gasteiger partial charge is 0.352 e. The fourth-order valence-electron chi connectivity index (χ4n) is 1.91. The standard InChI is InChI=1S/C18H18N4O2S/c1-5-11-10-21-16(22-14(11)9-19)15-7-6-12(25-15)8-13(20)17(23)24-18(2,3)4/h1,6-7,9-10,19-20H,8H2,2-4H3. The second kappa shape index (κ2) is 7.36. The minimum atomic E-state index is -0.625. The number of esters is 1. The topological polar surface area (TPSA) is 99.8 Å². The predicted molar refractivity (Wildman–Crippen MR) is 98.4 cm³/mol. The van der Waals surface area contributed by atoms with Crippen LogP contribution in [0.1, 0.15) is 36.9 Å². The number of thiophene rings is 1. The highest BCUT2D eigenvalue weighted by atomic mass is 32.1. The number of carbonyl (C=O) groups is 1. The number of hydrogen-bond acceptors (Lipinski definition) is 7. The van der Waals surface area contributed by atoms with E-state index in [2.05, 4.69) is 15.9 Å². The molecule has 7 heteroatoms. The van der Waals surface area contributed by atoms with Crippen LogP contribution in [0.4, 0.5) is 0 Å². The van der Waals surface area contributed by atoms with Crippen molar-refractivity contribution in [3.63, 3.8) is 0 Å². The Morgan fingerprint density at radius 3 is 2.76 bits per heavy atom. The molecular formula is C18H18N4O2S. The van der Waals surface area contributed by atoms with Gasteiger partial charge in [-0.2, -0.15) is 0 Å². The predicted octanol–water partition coefficient (Wildman–Crippen LogP) is 3.09. The van der Waals surface area contributed by atoms with E-state index in [9.17, 15) is 4.79 Å². The first kappa shape index (κ1) is 18.5. The number of rotatable bonds is 5. The first-order chi connectivity index (χ1) is 11.7. The average molecular weight is 354 g/mol. The highest BCUT2D eigenvalue weighted by Crippen LogP contribution is 2.26. The minimum absolute atomic E-state index is 0.105. The van der Waals surface area contributed by atoms with Crippen LogP contribution in [-0.4, -0.2) is 33.5 Å². The van der Waals surface area contributed by atoms with E-state index in [0.717, 1.165) is 16.0 Å². The highest BCUT2D eigenvalue weighted by molar-refractivity contribution is 7.15. The van der Waals surface area contributed by atoms with Gasteiger partial charge >= 0.3 is 5.97 Å². The lowest BCUT2D eigenvalue weighted by Gasteiger charge is -2.19. The normalized spacial score (nSPS) is 10.8. The minimum Gasteiger partial charge on any atom is -0.455 e. The molecule has 128 valence electrons. The first-order valence-corrected chi connectivity index (χ1v) is 8.29. The monoisotopic (exact) mass is 354 g/mol. The van der Waals surface area contributed by atoms with Crippen LogP contribution < -0.4 is 0 Å². The van der Waals surface area contributed by atoms with Crippen molar-refractivity contribution in [2.75, 3.05) is 0 Å². The zero-order valence-corrected chi connectivity index (χ0v) is 15.0. The Bertz CT molecular complexity index is 872. The molecule has 0 aliphatic rings. The van der Waals surface area contributed by atoms with Gasteiger partial charge in [0.15, 0.2) is 5.82 Å². The molecule has 0 atom stereocenters. The van der Waals surface area contributed by atoms with Crippen LogP contribution in [0, 0.1) is 23.2 Å². The third kappa shape index (κ3) is 4.81. The SMILES string of the molecule is C#Cc1cnc(-c2ccc(CC(=N)C(=O)OC(C)(C)C)s2)nc1C=N. The van der Waals surface area contributed by atoms with Crippen molar-refractivity contribution in [1.82, 2.24) is 9.97 Å². The molecule has 0 amide bonds. The molecule has 0 aromatic carbocycles. The summed E-state index contributed by atoms with van der Waals surface area (Å²) in [5.41, 5.74) is 0.109. The van der Waals surface area contributed by atoms with Gasteiger partial charge in [0.2, 0.25) is 0 Å². The number of ether oxygens (including phenoxy) is 1. The average Bonchev–Trinajstić information content (AvgIpc) is 3.01. The van der Waals surface area contributed by atoms with E-state index in [0.29, 0.717) is 17.1 Å². The molecule has 0 radical (unpaired) electrons. The zero-order chi connectivity index (χ0) is 18.6. The third-order valence-electron chi connectivity index (χ3n) is 2.99. The second-order valence-corrected chi connectivity index (χ2v) is 7.37. The molecular weight excluding hydrogens is 336 g/mol. The Hall–Kier alpha value is -2.85. The van der Waals surface area contributed by atoms with Gasteiger partial charge in [-0.05, 0) is 32.9 Å². The van der Waals surface area contributed by atoms with Gasteiger partial charge < -0.3 is 10.1 Å². The number of terminal acetylenes is 1. The van der Waals surface area contributed by atoms with E-state index in [1.165, 1.54) is 17.5 Å². The molecule has 2 aromatic rings. The van der Waals surface area contributed by atoms with Crippen molar-refractivity contribution in [2.45, 2.75) is 32.8 Å². The number of nitrogens with zero attached hydrogens (tertiary/aromatic N) is 2. The van der Waals surface area contributed by atoms with Crippen LogP contribution in [0.15, 0.2) is 18.3 Å². The zero-order valence-electron chi connectivity index (χ0n) is 14.2. The van der Waals surface area contributed by atoms with Crippen LogP contribution in [0.5, 0.6) is 0 Å². The summed E-state index contributed by atoms with van der Waals surface area (Å²) in [5, 5.41) is 15.3. The van der Waals surface area contributed by atoms with Gasteiger partial charge in [0.25, 0.3) is 0 Å². The van der Waals surface area contributed by atoms with E-state index in [1.807, 2.05) is 12.1 Å². The maximum absolute atomic E-state index is 11.9. The van der Waals surface area contributed by atoms with Crippen LogP contribution >= 0.6 is 11.3 Å². The highest BCUT2D eigenvalue weighted by Gasteiger charge is 2.21. The first-order valence-electron chi connectivity index (χ1n) is 7.47. The molecule has 0 aliphatic carbocycles. The quantitative estimate of drug-likeness (QED) is 0.489. The van der Waals surface area contributed by atoms with Crippen LogP contribution in [0.3, 0.4) is 0 Å². The van der Waals surface area contributed by atoms with Gasteiger partial charge in [-0.1, -0.05) is 5.92 Å². The maximum Gasteiger partial charge on any atom is 0.352 e. The van der Waals surface area contributed by atoms with Gasteiger partial charge in [-0.3, -0.25) is 5.41 Å². The lowest BCUT2D eigenvalue weighted by Crippen LogP contribution is -2.29. The van der Waals surface area contributed by atoms with E-state index in [4.69, 9.17) is 22.0 Å². The summed E-state index contributed by atoms with van der Waals surface area (Å²) < 4.78 is 5.19. The molecule has 2 rings (SSSR count). The van der Waals surface area contributed by atoms with Gasteiger partial charge in [-0.15, -0.1) is 17.8 Å². The molecule has 0 saturated heterocycles. The van der Waals surface area contributed by atoms with Crippen LogP contribution in [-0.2, 0) is 16.0 Å². The Kier molecular flexibility index (Phi) is 5.45. The van der Waals surface area contributed by atoms with Crippen molar-refractivity contribution in [3.8, 4) is 23.0 Å². The number of carbonyl (C=O) groups excluding carboxylic acids is 1. The lowest BCUT2D eigenvalue weighted by atomic mass is 10.2. The molecule has 2 N–H and O–H groups in total. The summed E-state index contributed by atoms with van der Waals surface area (Å²) >= 11 is 1.38. The molecule has 25 heavy (non-hydrogen) atoms. The molecule has 0 saturated carbocycles. The molecule has 0 bridgehead atoms. The summed E-state index contributed by atoms with van der Waals surface area (Å²) in [6.07, 6.45) is 8.12. The summed E-state index contributed by atoms with van der Waals surface area (Å²) in [4.78, 5) is 22.0.